The molecule has 0 spiro atoms. The van der Waals surface area contributed by atoms with Gasteiger partial charge in [0.2, 0.25) is 5.91 Å². The average molecular weight is 537 g/mol. The van der Waals surface area contributed by atoms with E-state index in [-0.39, 0.29) is 11.2 Å². The van der Waals surface area contributed by atoms with Gasteiger partial charge < -0.3 is 20.7 Å². The molecule has 3 N–H and O–H groups in total. The molecule has 3 aromatic rings. The zero-order valence-electron chi connectivity index (χ0n) is 20.4. The van der Waals surface area contributed by atoms with Crippen molar-refractivity contribution < 1.29 is 9.53 Å². The van der Waals surface area contributed by atoms with Crippen LogP contribution in [0.15, 0.2) is 53.4 Å². The fourth-order valence-corrected chi connectivity index (χ4v) is 6.63. The van der Waals surface area contributed by atoms with Crippen molar-refractivity contribution in [1.82, 2.24) is 0 Å². The van der Waals surface area contributed by atoms with Crippen molar-refractivity contribution >= 4 is 62.7 Å². The number of hydrogen-bond acceptors (Lipinski definition) is 6. The van der Waals surface area contributed by atoms with Crippen molar-refractivity contribution in [1.29, 1.82) is 5.26 Å². The maximum absolute atomic E-state index is 13.0. The van der Waals surface area contributed by atoms with E-state index >= 15 is 0 Å². The van der Waals surface area contributed by atoms with E-state index in [2.05, 4.69) is 28.9 Å². The van der Waals surface area contributed by atoms with Gasteiger partial charge in [-0.2, -0.15) is 5.26 Å². The zero-order valence-corrected chi connectivity index (χ0v) is 22.8. The SMILES string of the molecule is COc1ccccc1NC(=S)Nc1cccc(SC(C)C(=O)Nc2sc3c(c2C#N)CCC(C)C3)c1. The van der Waals surface area contributed by atoms with Gasteiger partial charge in [-0.25, -0.2) is 0 Å². The molecule has 0 bridgehead atoms. The third-order valence-electron chi connectivity index (χ3n) is 5.99. The Morgan fingerprint density at radius 2 is 2.03 bits per heavy atom. The molecule has 1 aromatic heterocycles. The monoisotopic (exact) mass is 536 g/mol. The Balaban J connectivity index is 1.38. The molecule has 1 heterocycles. The summed E-state index contributed by atoms with van der Waals surface area (Å²) in [6.45, 7) is 4.10. The average Bonchev–Trinajstić information content (AvgIpc) is 3.20. The highest BCUT2D eigenvalue weighted by molar-refractivity contribution is 8.00. The van der Waals surface area contributed by atoms with Crippen LogP contribution >= 0.6 is 35.3 Å². The number of nitriles is 1. The summed E-state index contributed by atoms with van der Waals surface area (Å²) in [4.78, 5) is 15.2. The maximum Gasteiger partial charge on any atom is 0.238 e. The van der Waals surface area contributed by atoms with Gasteiger partial charge in [0.1, 0.15) is 16.8 Å². The summed E-state index contributed by atoms with van der Waals surface area (Å²) in [6.07, 6.45) is 2.96. The van der Waals surface area contributed by atoms with Crippen molar-refractivity contribution in [3.63, 3.8) is 0 Å². The molecule has 0 radical (unpaired) electrons. The van der Waals surface area contributed by atoms with E-state index in [1.807, 2.05) is 55.5 Å². The fourth-order valence-electron chi connectivity index (χ4n) is 4.11. The Labute approximate surface area is 225 Å². The number of methoxy groups -OCH3 is 1. The first kappa shape index (κ1) is 26.0. The van der Waals surface area contributed by atoms with Crippen LogP contribution in [0.5, 0.6) is 5.75 Å². The van der Waals surface area contributed by atoms with Gasteiger partial charge in [-0.05, 0) is 80.2 Å². The van der Waals surface area contributed by atoms with Crippen molar-refractivity contribution in [3.8, 4) is 11.8 Å². The number of para-hydroxylation sites is 2. The molecule has 2 aromatic carbocycles. The molecule has 2 unspecified atom stereocenters. The van der Waals surface area contributed by atoms with Crippen LogP contribution < -0.4 is 20.7 Å². The summed E-state index contributed by atoms with van der Waals surface area (Å²) in [6, 6.07) is 17.6. The number of thiophene rings is 1. The standard InChI is InChI=1S/C27H28N4O2S3/c1-16-11-12-20-21(15-28)26(36-24(20)13-16)31-25(32)17(2)35-19-8-6-7-18(14-19)29-27(34)30-22-9-4-5-10-23(22)33-3/h4-10,14,16-17H,11-13H2,1-3H3,(H,31,32)(H2,29,30,34). The number of fused-ring (bicyclic) bond motifs is 1. The number of thiocarbonyl (C=S) groups is 1. The van der Waals surface area contributed by atoms with E-state index in [0.717, 1.165) is 41.1 Å². The van der Waals surface area contributed by atoms with E-state index in [9.17, 15) is 10.1 Å². The predicted molar refractivity (Wildman–Crippen MR) is 153 cm³/mol. The molecule has 0 aliphatic heterocycles. The number of rotatable bonds is 7. The van der Waals surface area contributed by atoms with Crippen LogP contribution in [0, 0.1) is 17.2 Å². The lowest BCUT2D eigenvalue weighted by molar-refractivity contribution is -0.115. The maximum atomic E-state index is 13.0. The first-order valence-electron chi connectivity index (χ1n) is 11.7. The second-order valence-corrected chi connectivity index (χ2v) is 11.7. The van der Waals surface area contributed by atoms with Crippen LogP contribution in [0.4, 0.5) is 16.4 Å². The highest BCUT2D eigenvalue weighted by atomic mass is 32.2. The normalized spacial score (nSPS) is 15.2. The molecular formula is C27H28N4O2S3. The molecule has 9 heteroatoms. The highest BCUT2D eigenvalue weighted by Gasteiger charge is 2.26. The molecule has 0 saturated heterocycles. The molecular weight excluding hydrogens is 509 g/mol. The molecule has 1 aliphatic carbocycles. The largest absolute Gasteiger partial charge is 0.495 e. The van der Waals surface area contributed by atoms with Crippen molar-refractivity contribution in [2.45, 2.75) is 43.3 Å². The van der Waals surface area contributed by atoms with Crippen molar-refractivity contribution in [2.24, 2.45) is 5.92 Å². The number of carbonyl (C=O) groups excluding carboxylic acids is 1. The van der Waals surface area contributed by atoms with Crippen LogP contribution in [-0.4, -0.2) is 23.4 Å². The van der Waals surface area contributed by atoms with Crippen LogP contribution in [-0.2, 0) is 17.6 Å². The fraction of sp³-hybridized carbons (Fsp3) is 0.296. The Morgan fingerprint density at radius 1 is 1.22 bits per heavy atom. The number of nitrogens with one attached hydrogen (secondary N) is 3. The topological polar surface area (TPSA) is 86.2 Å². The molecule has 0 saturated carbocycles. The molecule has 0 fully saturated rings. The molecule has 6 nitrogen and oxygen atoms in total. The second kappa shape index (κ2) is 11.8. The second-order valence-electron chi connectivity index (χ2n) is 8.72. The van der Waals surface area contributed by atoms with Gasteiger partial charge in [-0.1, -0.05) is 25.1 Å². The number of amides is 1. The number of anilines is 3. The zero-order chi connectivity index (χ0) is 25.7. The van der Waals surface area contributed by atoms with Crippen molar-refractivity contribution in [3.05, 3.63) is 64.5 Å². The quantitative estimate of drug-likeness (QED) is 0.229. The first-order chi connectivity index (χ1) is 17.4. The third-order valence-corrected chi connectivity index (χ3v) is 8.46. The van der Waals surface area contributed by atoms with Gasteiger partial charge in [-0.15, -0.1) is 23.1 Å². The highest BCUT2D eigenvalue weighted by Crippen LogP contribution is 2.39. The van der Waals surface area contributed by atoms with Gasteiger partial charge >= 0.3 is 0 Å². The van der Waals surface area contributed by atoms with Crippen LogP contribution in [0.1, 0.15) is 36.3 Å². The minimum Gasteiger partial charge on any atom is -0.495 e. The number of hydrogen-bond donors (Lipinski definition) is 3. The summed E-state index contributed by atoms with van der Waals surface area (Å²) < 4.78 is 5.36. The first-order valence-corrected chi connectivity index (χ1v) is 13.8. The van der Waals surface area contributed by atoms with Gasteiger partial charge in [-0.3, -0.25) is 4.79 Å². The molecule has 2 atom stereocenters. The summed E-state index contributed by atoms with van der Waals surface area (Å²) in [5.74, 6) is 1.20. The Kier molecular flexibility index (Phi) is 8.52. The number of thioether (sulfide) groups is 1. The van der Waals surface area contributed by atoms with Gasteiger partial charge in [0.15, 0.2) is 5.11 Å². The Bertz CT molecular complexity index is 1310. The lowest BCUT2D eigenvalue weighted by Crippen LogP contribution is -2.22. The molecule has 36 heavy (non-hydrogen) atoms. The van der Waals surface area contributed by atoms with E-state index in [1.165, 1.54) is 16.6 Å². The summed E-state index contributed by atoms with van der Waals surface area (Å²) in [7, 11) is 1.61. The molecule has 1 aliphatic rings. The van der Waals surface area contributed by atoms with Crippen molar-refractivity contribution in [2.75, 3.05) is 23.1 Å². The lowest BCUT2D eigenvalue weighted by Gasteiger charge is -2.17. The molecule has 1 amide bonds. The molecule has 186 valence electrons. The van der Waals surface area contributed by atoms with Gasteiger partial charge in [0.05, 0.1) is 23.6 Å². The number of nitrogens with zero attached hydrogens (tertiary/aromatic N) is 1. The van der Waals surface area contributed by atoms with Crippen LogP contribution in [0.2, 0.25) is 0 Å². The van der Waals surface area contributed by atoms with E-state index in [1.54, 1.807) is 18.4 Å². The summed E-state index contributed by atoms with van der Waals surface area (Å²) in [5, 5.41) is 19.8. The number of ether oxygens (including phenoxy) is 1. The molecule has 4 rings (SSSR count). The Hall–Kier alpha value is -3.06. The van der Waals surface area contributed by atoms with E-state index in [4.69, 9.17) is 17.0 Å². The van der Waals surface area contributed by atoms with E-state index < -0.39 is 0 Å². The van der Waals surface area contributed by atoms with Gasteiger partial charge in [0.25, 0.3) is 0 Å². The van der Waals surface area contributed by atoms with E-state index in [0.29, 0.717) is 27.3 Å². The summed E-state index contributed by atoms with van der Waals surface area (Å²) >= 11 is 8.47. The number of carbonyl (C=O) groups is 1. The van der Waals surface area contributed by atoms with Gasteiger partial charge in [0, 0.05) is 15.5 Å². The Morgan fingerprint density at radius 3 is 2.81 bits per heavy atom. The van der Waals surface area contributed by atoms with Crippen LogP contribution in [0.25, 0.3) is 0 Å². The minimum atomic E-state index is -0.344. The smallest absolute Gasteiger partial charge is 0.238 e. The predicted octanol–water partition coefficient (Wildman–Crippen LogP) is 6.68. The number of benzene rings is 2. The van der Waals surface area contributed by atoms with Crippen LogP contribution in [0.3, 0.4) is 0 Å². The third kappa shape index (κ3) is 6.19. The lowest BCUT2D eigenvalue weighted by atomic mass is 9.89. The summed E-state index contributed by atoms with van der Waals surface area (Å²) in [5.41, 5.74) is 3.34. The minimum absolute atomic E-state index is 0.116.